The van der Waals surface area contributed by atoms with Crippen LogP contribution in [-0.4, -0.2) is 35.4 Å². The molecule has 1 aromatic heterocycles. The quantitative estimate of drug-likeness (QED) is 0.901. The maximum absolute atomic E-state index is 12.1. The van der Waals surface area contributed by atoms with Crippen molar-refractivity contribution in [1.29, 1.82) is 0 Å². The van der Waals surface area contributed by atoms with Crippen LogP contribution >= 0.6 is 0 Å². The summed E-state index contributed by atoms with van der Waals surface area (Å²) in [5.41, 5.74) is 0.837. The molecule has 2 rings (SSSR count). The summed E-state index contributed by atoms with van der Waals surface area (Å²) in [6, 6.07) is 0. The molecule has 1 atom stereocenters. The number of ether oxygens (including phenoxy) is 1. The van der Waals surface area contributed by atoms with Crippen LogP contribution in [0.5, 0.6) is 0 Å². The zero-order valence-corrected chi connectivity index (χ0v) is 9.91. The largest absolute Gasteiger partial charge is 0.389 e. The van der Waals surface area contributed by atoms with Crippen molar-refractivity contribution in [3.63, 3.8) is 0 Å². The van der Waals surface area contributed by atoms with Gasteiger partial charge in [-0.25, -0.2) is 4.98 Å². The van der Waals surface area contributed by atoms with E-state index in [2.05, 4.69) is 10.3 Å². The molecule has 18 heavy (non-hydrogen) atoms. The maximum Gasteiger partial charge on any atom is 0.389 e. The zero-order chi connectivity index (χ0) is 13.0. The Morgan fingerprint density at radius 1 is 1.50 bits per heavy atom. The van der Waals surface area contributed by atoms with Crippen LogP contribution in [0.1, 0.15) is 24.6 Å². The number of nitrogens with one attached hydrogen (secondary N) is 1. The van der Waals surface area contributed by atoms with Crippen molar-refractivity contribution in [2.45, 2.75) is 31.7 Å². The van der Waals surface area contributed by atoms with E-state index in [1.54, 1.807) is 17.1 Å². The molecule has 1 aromatic rings. The van der Waals surface area contributed by atoms with Crippen molar-refractivity contribution in [2.75, 3.05) is 19.7 Å². The zero-order valence-electron chi connectivity index (χ0n) is 9.91. The van der Waals surface area contributed by atoms with Crippen LogP contribution in [0.25, 0.3) is 0 Å². The fourth-order valence-electron chi connectivity index (χ4n) is 1.99. The van der Waals surface area contributed by atoms with Crippen LogP contribution in [0.15, 0.2) is 12.5 Å². The third kappa shape index (κ3) is 3.71. The Morgan fingerprint density at radius 3 is 3.00 bits per heavy atom. The number of alkyl halides is 3. The van der Waals surface area contributed by atoms with Gasteiger partial charge in [-0.3, -0.25) is 0 Å². The average Bonchev–Trinajstić information content (AvgIpc) is 2.77. The molecule has 0 radical (unpaired) electrons. The fraction of sp³-hybridized carbons (Fsp3) is 0.727. The molecule has 2 heterocycles. The first-order valence-electron chi connectivity index (χ1n) is 5.95. The minimum Gasteiger partial charge on any atom is -0.369 e. The monoisotopic (exact) mass is 263 g/mol. The second kappa shape index (κ2) is 5.71. The van der Waals surface area contributed by atoms with Crippen molar-refractivity contribution in [3.8, 4) is 0 Å². The Morgan fingerprint density at radius 2 is 2.33 bits per heavy atom. The molecule has 0 spiro atoms. The third-order valence-corrected chi connectivity index (χ3v) is 2.86. The van der Waals surface area contributed by atoms with E-state index in [4.69, 9.17) is 4.74 Å². The standard InChI is InChI=1S/C11H16F3N3O/c12-11(13,14)2-1-4-17-8-16-6-9(17)10-7-15-3-5-18-10/h6,8,10,15H,1-5,7H2. The topological polar surface area (TPSA) is 39.1 Å². The molecule has 0 aromatic carbocycles. The summed E-state index contributed by atoms with van der Waals surface area (Å²) >= 11 is 0. The number of morpholine rings is 1. The Labute approximate surface area is 103 Å². The smallest absolute Gasteiger partial charge is 0.369 e. The molecule has 1 fully saturated rings. The lowest BCUT2D eigenvalue weighted by atomic mass is 10.2. The minimum absolute atomic E-state index is 0.0625. The molecular formula is C11H16F3N3O. The molecule has 1 aliphatic heterocycles. The number of rotatable bonds is 4. The fourth-order valence-corrected chi connectivity index (χ4v) is 1.99. The highest BCUT2D eigenvalue weighted by atomic mass is 19.4. The first-order valence-corrected chi connectivity index (χ1v) is 5.95. The molecule has 1 saturated heterocycles. The second-order valence-electron chi connectivity index (χ2n) is 4.29. The van der Waals surface area contributed by atoms with Gasteiger partial charge in [-0.1, -0.05) is 0 Å². The summed E-state index contributed by atoms with van der Waals surface area (Å²) in [4.78, 5) is 3.99. The van der Waals surface area contributed by atoms with Crippen LogP contribution in [0.3, 0.4) is 0 Å². The van der Waals surface area contributed by atoms with Crippen molar-refractivity contribution >= 4 is 0 Å². The highest BCUT2D eigenvalue weighted by Crippen LogP contribution is 2.23. The van der Waals surface area contributed by atoms with E-state index in [9.17, 15) is 13.2 Å². The summed E-state index contributed by atoms with van der Waals surface area (Å²) in [5, 5.41) is 3.18. The van der Waals surface area contributed by atoms with Crippen molar-refractivity contribution in [3.05, 3.63) is 18.2 Å². The van der Waals surface area contributed by atoms with Gasteiger partial charge in [0, 0.05) is 26.1 Å². The van der Waals surface area contributed by atoms with Crippen LogP contribution < -0.4 is 5.32 Å². The van der Waals surface area contributed by atoms with Crippen LogP contribution in [-0.2, 0) is 11.3 Å². The summed E-state index contributed by atoms with van der Waals surface area (Å²) in [7, 11) is 0. The molecule has 1 aliphatic rings. The Bertz CT molecular complexity index is 372. The molecule has 0 bridgehead atoms. The van der Waals surface area contributed by atoms with E-state index < -0.39 is 12.6 Å². The van der Waals surface area contributed by atoms with E-state index in [1.807, 2.05) is 0 Å². The summed E-state index contributed by atoms with van der Waals surface area (Å²) in [5.74, 6) is 0. The number of hydrogen-bond acceptors (Lipinski definition) is 3. The van der Waals surface area contributed by atoms with E-state index in [1.165, 1.54) is 0 Å². The number of nitrogens with zero attached hydrogens (tertiary/aromatic N) is 2. The van der Waals surface area contributed by atoms with Gasteiger partial charge in [0.15, 0.2) is 0 Å². The maximum atomic E-state index is 12.1. The van der Waals surface area contributed by atoms with Crippen LogP contribution in [0.2, 0.25) is 0 Å². The SMILES string of the molecule is FC(F)(F)CCCn1cncc1C1CNCCO1. The molecule has 1 N–H and O–H groups in total. The van der Waals surface area contributed by atoms with Gasteiger partial charge in [-0.15, -0.1) is 0 Å². The number of halogens is 3. The molecular weight excluding hydrogens is 247 g/mol. The Balaban J connectivity index is 1.91. The molecule has 4 nitrogen and oxygen atoms in total. The van der Waals surface area contributed by atoms with Gasteiger partial charge in [0.25, 0.3) is 0 Å². The van der Waals surface area contributed by atoms with Crippen LogP contribution in [0, 0.1) is 0 Å². The van der Waals surface area contributed by atoms with Crippen molar-refractivity contribution < 1.29 is 17.9 Å². The lowest BCUT2D eigenvalue weighted by molar-refractivity contribution is -0.135. The Hall–Kier alpha value is -1.08. The number of imidazole rings is 1. The summed E-state index contributed by atoms with van der Waals surface area (Å²) < 4.78 is 43.5. The van der Waals surface area contributed by atoms with Gasteiger partial charge in [0.1, 0.15) is 6.10 Å². The van der Waals surface area contributed by atoms with E-state index >= 15 is 0 Å². The normalized spacial score (nSPS) is 21.2. The highest BCUT2D eigenvalue weighted by molar-refractivity contribution is 5.04. The van der Waals surface area contributed by atoms with Gasteiger partial charge in [-0.2, -0.15) is 13.2 Å². The molecule has 0 aliphatic carbocycles. The van der Waals surface area contributed by atoms with Gasteiger partial charge in [-0.05, 0) is 6.42 Å². The third-order valence-electron chi connectivity index (χ3n) is 2.86. The highest BCUT2D eigenvalue weighted by Gasteiger charge is 2.26. The van der Waals surface area contributed by atoms with Crippen molar-refractivity contribution in [2.24, 2.45) is 0 Å². The van der Waals surface area contributed by atoms with Gasteiger partial charge in [0.05, 0.1) is 24.8 Å². The van der Waals surface area contributed by atoms with Gasteiger partial charge >= 0.3 is 6.18 Å². The second-order valence-corrected chi connectivity index (χ2v) is 4.29. The predicted octanol–water partition coefficient (Wildman–Crippen LogP) is 1.89. The van der Waals surface area contributed by atoms with Crippen LogP contribution in [0.4, 0.5) is 13.2 Å². The average molecular weight is 263 g/mol. The van der Waals surface area contributed by atoms with Crippen molar-refractivity contribution in [1.82, 2.24) is 14.9 Å². The summed E-state index contributed by atoms with van der Waals surface area (Å²) in [6.07, 6.45) is -1.70. The number of hydrogen-bond donors (Lipinski definition) is 1. The van der Waals surface area contributed by atoms with E-state index in [-0.39, 0.29) is 12.5 Å². The van der Waals surface area contributed by atoms with E-state index in [0.717, 1.165) is 12.2 Å². The molecule has 102 valence electrons. The minimum atomic E-state index is -4.09. The molecule has 0 amide bonds. The molecule has 7 heteroatoms. The van der Waals surface area contributed by atoms with Gasteiger partial charge < -0.3 is 14.6 Å². The number of aromatic nitrogens is 2. The first kappa shape index (κ1) is 13.4. The lowest BCUT2D eigenvalue weighted by Gasteiger charge is -2.24. The number of aryl methyl sites for hydroxylation is 1. The van der Waals surface area contributed by atoms with Gasteiger partial charge in [0.2, 0.25) is 0 Å². The molecule has 1 unspecified atom stereocenters. The first-order chi connectivity index (χ1) is 8.56. The molecule has 0 saturated carbocycles. The summed E-state index contributed by atoms with van der Waals surface area (Å²) in [6.45, 7) is 2.40. The Kier molecular flexibility index (Phi) is 4.23. The lowest BCUT2D eigenvalue weighted by Crippen LogP contribution is -2.34. The predicted molar refractivity (Wildman–Crippen MR) is 59.1 cm³/mol. The van der Waals surface area contributed by atoms with E-state index in [0.29, 0.717) is 19.7 Å².